The number of hydrogen-bond acceptors (Lipinski definition) is 4. The van der Waals surface area contributed by atoms with E-state index in [1.54, 1.807) is 6.07 Å². The van der Waals surface area contributed by atoms with E-state index in [0.717, 1.165) is 6.07 Å². The Bertz CT molecular complexity index is 507. The Morgan fingerprint density at radius 1 is 1.62 bits per heavy atom. The number of carbonyl (C=O) groups is 1. The van der Waals surface area contributed by atoms with Crippen LogP contribution in [0, 0.1) is 21.4 Å². The van der Waals surface area contributed by atoms with Crippen molar-refractivity contribution in [1.29, 1.82) is 5.26 Å². The standard InChI is InChI=1S/C9H5BrN2O4/c10-7-1-5(3-9(13)14)6(4-11)2-8(7)12(15)16/h1-2H,3H2,(H,13,14). The number of nitrogens with zero attached hydrogens (tertiary/aromatic N) is 2. The number of benzene rings is 1. The quantitative estimate of drug-likeness (QED) is 0.674. The first kappa shape index (κ1) is 12.1. The highest BCUT2D eigenvalue weighted by Gasteiger charge is 2.17. The lowest BCUT2D eigenvalue weighted by Gasteiger charge is -2.02. The molecule has 82 valence electrons. The second-order valence-corrected chi connectivity index (χ2v) is 3.75. The number of nitro benzene ring substituents is 1. The minimum atomic E-state index is -1.10. The zero-order valence-corrected chi connectivity index (χ0v) is 9.39. The normalized spacial score (nSPS) is 9.50. The molecule has 0 heterocycles. The molecule has 0 saturated heterocycles. The van der Waals surface area contributed by atoms with Gasteiger partial charge in [-0.2, -0.15) is 5.26 Å². The third-order valence-electron chi connectivity index (χ3n) is 1.83. The van der Waals surface area contributed by atoms with Gasteiger partial charge < -0.3 is 5.11 Å². The van der Waals surface area contributed by atoms with Crippen LogP contribution in [-0.4, -0.2) is 16.0 Å². The van der Waals surface area contributed by atoms with Crippen molar-refractivity contribution >= 4 is 27.6 Å². The molecule has 0 saturated carbocycles. The fourth-order valence-corrected chi connectivity index (χ4v) is 1.69. The van der Waals surface area contributed by atoms with Gasteiger partial charge in [-0.05, 0) is 27.6 Å². The molecule has 0 spiro atoms. The Balaban J connectivity index is 3.33. The van der Waals surface area contributed by atoms with Crippen LogP contribution in [0.5, 0.6) is 0 Å². The highest BCUT2D eigenvalue weighted by Crippen LogP contribution is 2.28. The first-order chi connectivity index (χ1) is 7.45. The van der Waals surface area contributed by atoms with Gasteiger partial charge in [0.25, 0.3) is 5.69 Å². The monoisotopic (exact) mass is 284 g/mol. The molecule has 1 rings (SSSR count). The van der Waals surface area contributed by atoms with E-state index in [-0.39, 0.29) is 27.7 Å². The van der Waals surface area contributed by atoms with Crippen molar-refractivity contribution in [2.24, 2.45) is 0 Å². The van der Waals surface area contributed by atoms with Gasteiger partial charge >= 0.3 is 5.97 Å². The molecule has 0 bridgehead atoms. The van der Waals surface area contributed by atoms with Gasteiger partial charge in [0.2, 0.25) is 0 Å². The molecule has 1 aromatic rings. The van der Waals surface area contributed by atoms with Gasteiger partial charge in [-0.15, -0.1) is 0 Å². The molecule has 0 fully saturated rings. The Morgan fingerprint density at radius 2 is 2.25 bits per heavy atom. The number of aliphatic carboxylic acids is 1. The van der Waals surface area contributed by atoms with Crippen LogP contribution < -0.4 is 0 Å². The van der Waals surface area contributed by atoms with Crippen molar-refractivity contribution < 1.29 is 14.8 Å². The molecule has 1 N–H and O–H groups in total. The Labute approximate surface area is 98.4 Å². The fraction of sp³-hybridized carbons (Fsp3) is 0.111. The summed E-state index contributed by atoms with van der Waals surface area (Å²) in [5.41, 5.74) is -0.0181. The zero-order chi connectivity index (χ0) is 12.3. The molecule has 1 aromatic carbocycles. The van der Waals surface area contributed by atoms with Crippen molar-refractivity contribution in [1.82, 2.24) is 0 Å². The maximum absolute atomic E-state index is 10.6. The average molecular weight is 285 g/mol. The number of hydrogen-bond donors (Lipinski definition) is 1. The SMILES string of the molecule is N#Cc1cc([N+](=O)[O-])c(Br)cc1CC(=O)O. The lowest BCUT2D eigenvalue weighted by molar-refractivity contribution is -0.385. The number of halogens is 1. The molecule has 16 heavy (non-hydrogen) atoms. The summed E-state index contributed by atoms with van der Waals surface area (Å²) in [5, 5.41) is 27.9. The molecule has 0 unspecified atom stereocenters. The second kappa shape index (κ2) is 4.72. The summed E-state index contributed by atoms with van der Waals surface area (Å²) in [4.78, 5) is 20.4. The number of nitro groups is 1. The molecule has 0 radical (unpaired) electrons. The van der Waals surface area contributed by atoms with Gasteiger partial charge in [0.15, 0.2) is 0 Å². The van der Waals surface area contributed by atoms with E-state index in [2.05, 4.69) is 15.9 Å². The third kappa shape index (κ3) is 2.55. The van der Waals surface area contributed by atoms with Crippen LogP contribution in [0.3, 0.4) is 0 Å². The maximum Gasteiger partial charge on any atom is 0.307 e. The molecule has 0 aliphatic carbocycles. The van der Waals surface area contributed by atoms with Gasteiger partial charge in [0.05, 0.1) is 27.4 Å². The molecule has 6 nitrogen and oxygen atoms in total. The van der Waals surface area contributed by atoms with Gasteiger partial charge in [0.1, 0.15) is 0 Å². The van der Waals surface area contributed by atoms with E-state index >= 15 is 0 Å². The summed E-state index contributed by atoms with van der Waals surface area (Å²) < 4.78 is 0.160. The van der Waals surface area contributed by atoms with Crippen LogP contribution in [0.15, 0.2) is 16.6 Å². The van der Waals surface area contributed by atoms with Crippen LogP contribution in [0.2, 0.25) is 0 Å². The highest BCUT2D eigenvalue weighted by atomic mass is 79.9. The van der Waals surface area contributed by atoms with Gasteiger partial charge in [0, 0.05) is 6.07 Å². The van der Waals surface area contributed by atoms with E-state index in [1.807, 2.05) is 0 Å². The molecule has 0 aliphatic heterocycles. The summed E-state index contributed by atoms with van der Waals surface area (Å²) >= 11 is 2.96. The Kier molecular flexibility index (Phi) is 3.58. The number of carboxylic acids is 1. The second-order valence-electron chi connectivity index (χ2n) is 2.90. The number of carboxylic acid groups (broad SMARTS) is 1. The predicted octanol–water partition coefficient (Wildman–Crippen LogP) is 1.86. The third-order valence-corrected chi connectivity index (χ3v) is 2.47. The average Bonchev–Trinajstić information content (AvgIpc) is 2.16. The van der Waals surface area contributed by atoms with Crippen molar-refractivity contribution in [3.63, 3.8) is 0 Å². The van der Waals surface area contributed by atoms with E-state index in [9.17, 15) is 14.9 Å². The number of nitriles is 1. The van der Waals surface area contributed by atoms with Crippen molar-refractivity contribution in [2.75, 3.05) is 0 Å². The van der Waals surface area contributed by atoms with E-state index < -0.39 is 10.9 Å². The molecule has 0 amide bonds. The summed E-state index contributed by atoms with van der Waals surface area (Å²) in [6.45, 7) is 0. The molecular formula is C9H5BrN2O4. The molecule has 0 aliphatic rings. The lowest BCUT2D eigenvalue weighted by atomic mass is 10.0. The van der Waals surface area contributed by atoms with E-state index in [4.69, 9.17) is 10.4 Å². The zero-order valence-electron chi connectivity index (χ0n) is 7.81. The van der Waals surface area contributed by atoms with Crippen molar-refractivity contribution in [3.05, 3.63) is 37.8 Å². The van der Waals surface area contributed by atoms with Gasteiger partial charge in [-0.3, -0.25) is 14.9 Å². The topological polar surface area (TPSA) is 104 Å². The first-order valence-electron chi connectivity index (χ1n) is 4.04. The van der Waals surface area contributed by atoms with Gasteiger partial charge in [-0.1, -0.05) is 0 Å². The smallest absolute Gasteiger partial charge is 0.307 e. The van der Waals surface area contributed by atoms with E-state index in [0.29, 0.717) is 0 Å². The van der Waals surface area contributed by atoms with E-state index in [1.165, 1.54) is 6.07 Å². The van der Waals surface area contributed by atoms with Crippen LogP contribution in [0.4, 0.5) is 5.69 Å². The first-order valence-corrected chi connectivity index (χ1v) is 4.83. The van der Waals surface area contributed by atoms with Crippen LogP contribution >= 0.6 is 15.9 Å². The molecular weight excluding hydrogens is 280 g/mol. The molecule has 0 aromatic heterocycles. The van der Waals surface area contributed by atoms with Gasteiger partial charge in [-0.25, -0.2) is 0 Å². The summed E-state index contributed by atoms with van der Waals surface area (Å²) in [6, 6.07) is 4.08. The van der Waals surface area contributed by atoms with Crippen molar-refractivity contribution in [2.45, 2.75) is 6.42 Å². The van der Waals surface area contributed by atoms with Crippen LogP contribution in [0.1, 0.15) is 11.1 Å². The minimum Gasteiger partial charge on any atom is -0.481 e. The largest absolute Gasteiger partial charge is 0.481 e. The molecule has 0 atom stereocenters. The summed E-state index contributed by atoms with van der Waals surface area (Å²) in [6.07, 6.45) is -0.348. The minimum absolute atomic E-state index is 0.00250. The fourth-order valence-electron chi connectivity index (χ4n) is 1.16. The predicted molar refractivity (Wildman–Crippen MR) is 56.9 cm³/mol. The Morgan fingerprint density at radius 3 is 2.69 bits per heavy atom. The van der Waals surface area contributed by atoms with Crippen LogP contribution in [0.25, 0.3) is 0 Å². The summed E-state index contributed by atoms with van der Waals surface area (Å²) in [7, 11) is 0. The summed E-state index contributed by atoms with van der Waals surface area (Å²) in [5.74, 6) is -1.10. The van der Waals surface area contributed by atoms with Crippen molar-refractivity contribution in [3.8, 4) is 6.07 Å². The Hall–Kier alpha value is -1.94. The maximum atomic E-state index is 10.6. The molecule has 7 heteroatoms. The number of rotatable bonds is 3. The lowest BCUT2D eigenvalue weighted by Crippen LogP contribution is -2.03. The van der Waals surface area contributed by atoms with Crippen LogP contribution in [-0.2, 0) is 11.2 Å². The highest BCUT2D eigenvalue weighted by molar-refractivity contribution is 9.10.